The number of hydrogen-bond acceptors (Lipinski definition) is 2. The molecule has 0 aliphatic rings. The first-order valence-corrected chi connectivity index (χ1v) is 13.7. The van der Waals surface area contributed by atoms with Gasteiger partial charge in [0.25, 0.3) is 0 Å². The van der Waals surface area contributed by atoms with E-state index in [4.69, 9.17) is 0 Å². The number of benzene rings is 8. The fourth-order valence-corrected chi connectivity index (χ4v) is 6.33. The van der Waals surface area contributed by atoms with Crippen molar-refractivity contribution in [3.05, 3.63) is 133 Å². The second-order valence-corrected chi connectivity index (χ2v) is 10.5. The van der Waals surface area contributed by atoms with Crippen LogP contribution in [-0.4, -0.2) is 6.36 Å². The van der Waals surface area contributed by atoms with Gasteiger partial charge in [-0.3, -0.25) is 0 Å². The summed E-state index contributed by atoms with van der Waals surface area (Å²) in [5.74, 6) is -0.260. The number of nitrogens with zero attached hydrogens (tertiary/aromatic N) is 1. The molecule has 0 unspecified atom stereocenters. The highest BCUT2D eigenvalue weighted by Gasteiger charge is 2.31. The van der Waals surface area contributed by atoms with Crippen LogP contribution in [0.2, 0.25) is 0 Å². The maximum Gasteiger partial charge on any atom is 0.573 e. The molecule has 0 bridgehead atoms. The monoisotopic (exact) mass is 553 g/mol. The zero-order valence-corrected chi connectivity index (χ0v) is 22.2. The van der Waals surface area contributed by atoms with E-state index in [2.05, 4.69) is 94.6 Å². The van der Waals surface area contributed by atoms with Gasteiger partial charge in [-0.1, -0.05) is 97.1 Å². The number of ether oxygens (including phenoxy) is 1. The molecule has 8 aromatic rings. The van der Waals surface area contributed by atoms with Crippen LogP contribution in [0.25, 0.3) is 53.9 Å². The third-order valence-electron chi connectivity index (χ3n) is 8.04. The molecule has 0 saturated carbocycles. The quantitative estimate of drug-likeness (QED) is 0.159. The number of halogens is 3. The van der Waals surface area contributed by atoms with Gasteiger partial charge in [0.1, 0.15) is 5.75 Å². The smallest absolute Gasteiger partial charge is 0.406 e. The van der Waals surface area contributed by atoms with Crippen molar-refractivity contribution < 1.29 is 17.9 Å². The Hall–Kier alpha value is -5.29. The van der Waals surface area contributed by atoms with Gasteiger partial charge in [-0.15, -0.1) is 13.2 Å². The molecule has 0 N–H and O–H groups in total. The second kappa shape index (κ2) is 9.11. The summed E-state index contributed by atoms with van der Waals surface area (Å²) in [7, 11) is 0. The number of fused-ring (bicyclic) bond motifs is 2. The van der Waals surface area contributed by atoms with Crippen LogP contribution in [0.5, 0.6) is 5.75 Å². The molecule has 0 saturated heterocycles. The van der Waals surface area contributed by atoms with E-state index in [1.165, 1.54) is 28.3 Å². The van der Waals surface area contributed by atoms with E-state index >= 15 is 0 Å². The van der Waals surface area contributed by atoms with E-state index < -0.39 is 6.36 Å². The predicted molar refractivity (Wildman–Crippen MR) is 167 cm³/mol. The molecular weight excluding hydrogens is 531 g/mol. The minimum Gasteiger partial charge on any atom is -0.406 e. The molecule has 0 atom stereocenters. The molecule has 0 aliphatic heterocycles. The lowest BCUT2D eigenvalue weighted by molar-refractivity contribution is -0.274. The molecule has 0 aromatic heterocycles. The Morgan fingerprint density at radius 2 is 1.02 bits per heavy atom. The average Bonchev–Trinajstić information content (AvgIpc) is 3.00. The fourth-order valence-electron chi connectivity index (χ4n) is 6.33. The molecule has 0 amide bonds. The number of rotatable bonds is 4. The highest BCUT2D eigenvalue weighted by Crippen LogP contribution is 2.48. The molecule has 42 heavy (non-hydrogen) atoms. The minimum absolute atomic E-state index is 0.260. The molecule has 8 rings (SSSR count). The van der Waals surface area contributed by atoms with Crippen LogP contribution in [-0.2, 0) is 0 Å². The molecule has 0 heterocycles. The first-order chi connectivity index (χ1) is 20.4. The third kappa shape index (κ3) is 3.89. The van der Waals surface area contributed by atoms with Gasteiger partial charge in [-0.25, -0.2) is 0 Å². The zero-order chi connectivity index (χ0) is 28.4. The zero-order valence-electron chi connectivity index (χ0n) is 22.2. The van der Waals surface area contributed by atoms with Gasteiger partial charge in [0, 0.05) is 21.8 Å². The summed E-state index contributed by atoms with van der Waals surface area (Å²) in [6.07, 6.45) is -4.76. The van der Waals surface area contributed by atoms with E-state index in [1.54, 1.807) is 12.1 Å². The largest absolute Gasteiger partial charge is 0.573 e. The van der Waals surface area contributed by atoms with Gasteiger partial charge >= 0.3 is 6.36 Å². The second-order valence-electron chi connectivity index (χ2n) is 10.5. The van der Waals surface area contributed by atoms with E-state index in [1.807, 2.05) is 24.3 Å². The Morgan fingerprint density at radius 1 is 0.476 bits per heavy atom. The van der Waals surface area contributed by atoms with Crippen molar-refractivity contribution in [3.8, 4) is 5.75 Å². The van der Waals surface area contributed by atoms with Gasteiger partial charge < -0.3 is 9.64 Å². The predicted octanol–water partition coefficient (Wildman–Crippen LogP) is 11.3. The molecule has 0 spiro atoms. The van der Waals surface area contributed by atoms with Crippen molar-refractivity contribution in [2.75, 3.05) is 4.90 Å². The Balaban J connectivity index is 1.48. The van der Waals surface area contributed by atoms with Crippen molar-refractivity contribution in [2.24, 2.45) is 0 Å². The molecular formula is C37H22F3NO. The number of alkyl halides is 3. The molecule has 8 aromatic carbocycles. The van der Waals surface area contributed by atoms with Crippen LogP contribution in [0.3, 0.4) is 0 Å². The lowest BCUT2D eigenvalue weighted by Gasteiger charge is -2.30. The topological polar surface area (TPSA) is 12.5 Å². The molecule has 0 radical (unpaired) electrons. The first-order valence-electron chi connectivity index (χ1n) is 13.7. The minimum atomic E-state index is -4.76. The van der Waals surface area contributed by atoms with Gasteiger partial charge in [-0.05, 0) is 74.1 Å². The summed E-state index contributed by atoms with van der Waals surface area (Å²) in [6.45, 7) is 0. The van der Waals surface area contributed by atoms with Crippen LogP contribution in [0, 0.1) is 0 Å². The summed E-state index contributed by atoms with van der Waals surface area (Å²) in [4.78, 5) is 2.17. The van der Waals surface area contributed by atoms with Crippen LogP contribution in [0.4, 0.5) is 30.2 Å². The Bertz CT molecular complexity index is 2200. The number of hydrogen-bond donors (Lipinski definition) is 0. The Labute approximate surface area is 239 Å². The highest BCUT2D eigenvalue weighted by atomic mass is 19.4. The van der Waals surface area contributed by atoms with E-state index in [0.717, 1.165) is 54.8 Å². The van der Waals surface area contributed by atoms with Crippen LogP contribution >= 0.6 is 0 Å². The normalized spacial score (nSPS) is 12.2. The van der Waals surface area contributed by atoms with Crippen molar-refractivity contribution >= 4 is 70.9 Å². The summed E-state index contributed by atoms with van der Waals surface area (Å²) >= 11 is 0. The highest BCUT2D eigenvalue weighted by molar-refractivity contribution is 6.26. The van der Waals surface area contributed by atoms with Crippen molar-refractivity contribution in [1.29, 1.82) is 0 Å². The summed E-state index contributed by atoms with van der Waals surface area (Å²) < 4.78 is 43.3. The summed E-state index contributed by atoms with van der Waals surface area (Å²) in [6, 6.07) is 43.9. The number of anilines is 3. The van der Waals surface area contributed by atoms with E-state index in [-0.39, 0.29) is 5.75 Å². The van der Waals surface area contributed by atoms with Gasteiger partial charge in [0.2, 0.25) is 0 Å². The van der Waals surface area contributed by atoms with Crippen LogP contribution in [0.1, 0.15) is 0 Å². The Morgan fingerprint density at radius 3 is 1.67 bits per heavy atom. The summed E-state index contributed by atoms with van der Waals surface area (Å²) in [5, 5.41) is 11.1. The van der Waals surface area contributed by atoms with Gasteiger partial charge in [-0.2, -0.15) is 0 Å². The Kier molecular flexibility index (Phi) is 5.32. The molecule has 2 nitrogen and oxygen atoms in total. The van der Waals surface area contributed by atoms with Crippen molar-refractivity contribution in [2.45, 2.75) is 6.36 Å². The molecule has 202 valence electrons. The maximum absolute atomic E-state index is 13.0. The van der Waals surface area contributed by atoms with Crippen molar-refractivity contribution in [1.82, 2.24) is 0 Å². The molecule has 0 fully saturated rings. The standard InChI is InChI=1S/C37H22F3NO/c38-37(39,40)42-29-18-16-28(17-19-29)41(36-30-10-3-1-6-26(30)22-27-7-2-4-11-31(27)36)33-21-15-25-13-12-23-8-5-9-24-14-20-32(33)35(25)34(23)24/h1-22H. The van der Waals surface area contributed by atoms with Crippen molar-refractivity contribution in [3.63, 3.8) is 0 Å². The van der Waals surface area contributed by atoms with Gasteiger partial charge in [0.15, 0.2) is 0 Å². The van der Waals surface area contributed by atoms with E-state index in [0.29, 0.717) is 0 Å². The fraction of sp³-hybridized carbons (Fsp3) is 0.0270. The van der Waals surface area contributed by atoms with E-state index in [9.17, 15) is 13.2 Å². The van der Waals surface area contributed by atoms with Gasteiger partial charge in [0.05, 0.1) is 11.4 Å². The van der Waals surface area contributed by atoms with Crippen LogP contribution in [0.15, 0.2) is 133 Å². The first kappa shape index (κ1) is 24.5. The summed E-state index contributed by atoms with van der Waals surface area (Å²) in [5.41, 5.74) is 2.62. The molecule has 0 aliphatic carbocycles. The average molecular weight is 554 g/mol. The lowest BCUT2D eigenvalue weighted by atomic mass is 9.92. The molecule has 5 heteroatoms. The SMILES string of the molecule is FC(F)(F)Oc1ccc(N(c2c3ccccc3cc3ccccc23)c2ccc3ccc4cccc5ccc2c3c45)cc1. The third-order valence-corrected chi connectivity index (χ3v) is 8.04. The lowest BCUT2D eigenvalue weighted by Crippen LogP contribution is -2.17. The van der Waals surface area contributed by atoms with Crippen LogP contribution < -0.4 is 9.64 Å². The maximum atomic E-state index is 13.0.